The summed E-state index contributed by atoms with van der Waals surface area (Å²) in [5, 5.41) is 29.9. The number of amides is 1. The van der Waals surface area contributed by atoms with Gasteiger partial charge in [-0.05, 0) is 30.3 Å². The molecule has 0 unspecified atom stereocenters. The van der Waals surface area contributed by atoms with E-state index in [2.05, 4.69) is 23.1 Å². The van der Waals surface area contributed by atoms with E-state index in [0.29, 0.717) is 30.2 Å². The molecule has 0 saturated carbocycles. The molecule has 1 aliphatic heterocycles. The van der Waals surface area contributed by atoms with E-state index in [1.54, 1.807) is 18.2 Å². The smallest absolute Gasteiger partial charge is 0.255 e. The Kier molecular flexibility index (Phi) is 5.88. The standard InChI is InChI=1S/C22H22N6O3/c1-28-6-5-14-15(8-23)21(27)22(11-24,12-25)20(16(14)9-28)13-3-4-17(18(7-13)30-2)31-10-19(26)29/h3-5,7,16,20H,6,9-10,27H2,1-2H3,(H2,26,29)/t16-,20-/m1/s1. The number of benzene rings is 1. The molecule has 9 heteroatoms. The summed E-state index contributed by atoms with van der Waals surface area (Å²) < 4.78 is 10.8. The van der Waals surface area contributed by atoms with Crippen molar-refractivity contribution in [3.63, 3.8) is 0 Å². The van der Waals surface area contributed by atoms with E-state index in [1.165, 1.54) is 7.11 Å². The van der Waals surface area contributed by atoms with Gasteiger partial charge in [-0.1, -0.05) is 12.1 Å². The third kappa shape index (κ3) is 3.54. The summed E-state index contributed by atoms with van der Waals surface area (Å²) in [7, 11) is 3.38. The van der Waals surface area contributed by atoms with Crippen molar-refractivity contribution >= 4 is 5.91 Å². The summed E-state index contributed by atoms with van der Waals surface area (Å²) in [4.78, 5) is 13.1. The highest BCUT2D eigenvalue weighted by atomic mass is 16.5. The van der Waals surface area contributed by atoms with Crippen LogP contribution in [0.3, 0.4) is 0 Å². The van der Waals surface area contributed by atoms with Crippen LogP contribution >= 0.6 is 0 Å². The number of hydrogen-bond acceptors (Lipinski definition) is 8. The number of fused-ring (bicyclic) bond motifs is 1. The molecule has 2 aliphatic rings. The Morgan fingerprint density at radius 1 is 1.29 bits per heavy atom. The van der Waals surface area contributed by atoms with Crippen LogP contribution < -0.4 is 20.9 Å². The largest absolute Gasteiger partial charge is 0.493 e. The maximum absolute atomic E-state index is 11.1. The van der Waals surface area contributed by atoms with E-state index in [4.69, 9.17) is 20.9 Å². The second kappa shape index (κ2) is 8.39. The van der Waals surface area contributed by atoms with Crippen molar-refractivity contribution in [2.75, 3.05) is 33.9 Å². The number of rotatable bonds is 5. The SMILES string of the molecule is COc1cc([C@@H]2[C@@H]3CN(C)CC=C3C(C#N)=C(N)C2(C#N)C#N)ccc1OCC(N)=O. The van der Waals surface area contributed by atoms with Gasteiger partial charge in [0, 0.05) is 24.9 Å². The van der Waals surface area contributed by atoms with Gasteiger partial charge in [-0.2, -0.15) is 15.8 Å². The van der Waals surface area contributed by atoms with Crippen LogP contribution in [-0.2, 0) is 4.79 Å². The zero-order valence-electron chi connectivity index (χ0n) is 17.3. The van der Waals surface area contributed by atoms with E-state index in [9.17, 15) is 20.6 Å². The number of carbonyl (C=O) groups excluding carboxylic acids is 1. The first-order valence-electron chi connectivity index (χ1n) is 9.53. The zero-order chi connectivity index (χ0) is 22.8. The summed E-state index contributed by atoms with van der Waals surface area (Å²) >= 11 is 0. The molecule has 0 aromatic heterocycles. The molecule has 0 fully saturated rings. The Balaban J connectivity index is 2.21. The summed E-state index contributed by atoms with van der Waals surface area (Å²) in [6.07, 6.45) is 1.92. The maximum Gasteiger partial charge on any atom is 0.255 e. The number of likely N-dealkylation sites (N-methyl/N-ethyl adjacent to an activating group) is 1. The average Bonchev–Trinajstić information content (AvgIpc) is 2.77. The van der Waals surface area contributed by atoms with Gasteiger partial charge >= 0.3 is 0 Å². The number of nitriles is 3. The predicted octanol–water partition coefficient (Wildman–Crippen LogP) is 0.914. The van der Waals surface area contributed by atoms with Gasteiger partial charge in [-0.25, -0.2) is 0 Å². The zero-order valence-corrected chi connectivity index (χ0v) is 17.3. The second-order valence-electron chi connectivity index (χ2n) is 7.56. The maximum atomic E-state index is 11.1. The minimum atomic E-state index is -1.73. The minimum absolute atomic E-state index is 0.0370. The van der Waals surface area contributed by atoms with Gasteiger partial charge in [-0.3, -0.25) is 4.79 Å². The quantitative estimate of drug-likeness (QED) is 0.713. The number of primary amides is 1. The first kappa shape index (κ1) is 21.7. The van der Waals surface area contributed by atoms with E-state index < -0.39 is 17.2 Å². The van der Waals surface area contributed by atoms with Crippen LogP contribution in [0.2, 0.25) is 0 Å². The summed E-state index contributed by atoms with van der Waals surface area (Å²) in [6.45, 7) is 0.857. The Labute approximate surface area is 180 Å². The molecule has 3 rings (SSSR count). The van der Waals surface area contributed by atoms with Crippen LogP contribution in [0.4, 0.5) is 0 Å². The molecule has 2 atom stereocenters. The first-order valence-corrected chi connectivity index (χ1v) is 9.53. The molecule has 1 amide bonds. The number of methoxy groups -OCH3 is 1. The number of nitrogens with two attached hydrogens (primary N) is 2. The van der Waals surface area contributed by atoms with E-state index in [-0.39, 0.29) is 23.8 Å². The van der Waals surface area contributed by atoms with Crippen LogP contribution in [0, 0.1) is 45.3 Å². The van der Waals surface area contributed by atoms with Gasteiger partial charge in [0.05, 0.1) is 30.5 Å². The highest BCUT2D eigenvalue weighted by Gasteiger charge is 2.54. The lowest BCUT2D eigenvalue weighted by Crippen LogP contribution is -2.47. The lowest BCUT2D eigenvalue weighted by atomic mass is 9.58. The van der Waals surface area contributed by atoms with Gasteiger partial charge in [0.25, 0.3) is 5.91 Å². The Morgan fingerprint density at radius 2 is 2.00 bits per heavy atom. The van der Waals surface area contributed by atoms with E-state index >= 15 is 0 Å². The number of hydrogen-bond donors (Lipinski definition) is 2. The molecule has 0 bridgehead atoms. The van der Waals surface area contributed by atoms with Crippen molar-refractivity contribution in [3.05, 3.63) is 46.7 Å². The summed E-state index contributed by atoms with van der Waals surface area (Å²) in [6, 6.07) is 11.3. The summed E-state index contributed by atoms with van der Waals surface area (Å²) in [5.74, 6) is -0.951. The fraction of sp³-hybridized carbons (Fsp3) is 0.364. The molecule has 9 nitrogen and oxygen atoms in total. The van der Waals surface area contributed by atoms with E-state index in [0.717, 1.165) is 5.57 Å². The molecule has 1 aromatic rings. The number of allylic oxidation sites excluding steroid dienone is 2. The molecule has 31 heavy (non-hydrogen) atoms. The highest BCUT2D eigenvalue weighted by Crippen LogP contribution is 2.54. The normalized spacial score (nSPS) is 22.2. The minimum Gasteiger partial charge on any atom is -0.493 e. The van der Waals surface area contributed by atoms with Gasteiger partial charge in [-0.15, -0.1) is 0 Å². The lowest BCUT2D eigenvalue weighted by Gasteiger charge is -2.45. The lowest BCUT2D eigenvalue weighted by molar-refractivity contribution is -0.119. The number of carbonyl (C=O) groups is 1. The number of nitrogens with zero attached hydrogens (tertiary/aromatic N) is 4. The van der Waals surface area contributed by atoms with Crippen molar-refractivity contribution in [1.29, 1.82) is 15.8 Å². The molecule has 0 spiro atoms. The van der Waals surface area contributed by atoms with Gasteiger partial charge in [0.15, 0.2) is 23.5 Å². The third-order valence-corrected chi connectivity index (χ3v) is 5.76. The Morgan fingerprint density at radius 3 is 2.58 bits per heavy atom. The van der Waals surface area contributed by atoms with E-state index in [1.807, 2.05) is 13.1 Å². The molecule has 0 saturated heterocycles. The number of ether oxygens (including phenoxy) is 2. The predicted molar refractivity (Wildman–Crippen MR) is 110 cm³/mol. The molecule has 4 N–H and O–H groups in total. The van der Waals surface area contributed by atoms with Crippen molar-refractivity contribution in [3.8, 4) is 29.7 Å². The molecule has 0 radical (unpaired) electrons. The van der Waals surface area contributed by atoms with Crippen LogP contribution in [0.25, 0.3) is 0 Å². The molecular formula is C22H22N6O3. The molecule has 1 aliphatic carbocycles. The third-order valence-electron chi connectivity index (χ3n) is 5.76. The van der Waals surface area contributed by atoms with Crippen molar-refractivity contribution in [1.82, 2.24) is 4.90 Å². The van der Waals surface area contributed by atoms with Crippen LogP contribution in [0.1, 0.15) is 11.5 Å². The van der Waals surface area contributed by atoms with Crippen molar-refractivity contribution < 1.29 is 14.3 Å². The van der Waals surface area contributed by atoms with Crippen LogP contribution in [0.15, 0.2) is 41.1 Å². The fourth-order valence-corrected chi connectivity index (χ4v) is 4.35. The topological polar surface area (TPSA) is 162 Å². The molecule has 1 heterocycles. The highest BCUT2D eigenvalue weighted by molar-refractivity contribution is 5.75. The van der Waals surface area contributed by atoms with Crippen LogP contribution in [0.5, 0.6) is 11.5 Å². The average molecular weight is 418 g/mol. The van der Waals surface area contributed by atoms with Crippen molar-refractivity contribution in [2.45, 2.75) is 5.92 Å². The molecule has 158 valence electrons. The van der Waals surface area contributed by atoms with Gasteiger partial charge in [0.1, 0.15) is 6.07 Å². The Hall–Kier alpha value is -4.00. The first-order chi connectivity index (χ1) is 14.8. The Bertz CT molecular complexity index is 1090. The van der Waals surface area contributed by atoms with Gasteiger partial charge in [0.2, 0.25) is 0 Å². The second-order valence-corrected chi connectivity index (χ2v) is 7.56. The molecular weight excluding hydrogens is 396 g/mol. The van der Waals surface area contributed by atoms with Crippen LogP contribution in [-0.4, -0.2) is 44.7 Å². The van der Waals surface area contributed by atoms with Crippen molar-refractivity contribution in [2.24, 2.45) is 22.8 Å². The summed E-state index contributed by atoms with van der Waals surface area (Å²) in [5.41, 5.74) is 11.3. The molecule has 1 aromatic carbocycles. The van der Waals surface area contributed by atoms with Gasteiger partial charge < -0.3 is 25.8 Å². The monoisotopic (exact) mass is 418 g/mol. The fourth-order valence-electron chi connectivity index (χ4n) is 4.35.